The van der Waals surface area contributed by atoms with E-state index in [1.807, 2.05) is 12.1 Å². The van der Waals surface area contributed by atoms with Crippen LogP contribution in [0.3, 0.4) is 0 Å². The highest BCUT2D eigenvalue weighted by Crippen LogP contribution is 2.36. The van der Waals surface area contributed by atoms with Crippen LogP contribution in [-0.4, -0.2) is 59.3 Å². The first-order valence-corrected chi connectivity index (χ1v) is 10.9. The Morgan fingerprint density at radius 3 is 2.24 bits per heavy atom. The Labute approximate surface area is 193 Å². The monoisotopic (exact) mass is 476 g/mol. The lowest BCUT2D eigenvalue weighted by molar-refractivity contribution is -0.384. The highest BCUT2D eigenvalue weighted by Gasteiger charge is 2.34. The lowest BCUT2D eigenvalue weighted by Gasteiger charge is -2.36. The molecule has 0 bridgehead atoms. The second-order valence-corrected chi connectivity index (χ2v) is 8.35. The van der Waals surface area contributed by atoms with E-state index in [2.05, 4.69) is 0 Å². The van der Waals surface area contributed by atoms with Gasteiger partial charge >= 0.3 is 6.18 Å². The fourth-order valence-electron chi connectivity index (χ4n) is 4.29. The van der Waals surface area contributed by atoms with Crippen LogP contribution in [0.4, 0.5) is 24.5 Å². The second kappa shape index (κ2) is 9.32. The van der Waals surface area contributed by atoms with Crippen molar-refractivity contribution in [3.8, 4) is 0 Å². The van der Waals surface area contributed by atoms with Crippen LogP contribution in [0, 0.1) is 10.1 Å². The summed E-state index contributed by atoms with van der Waals surface area (Å²) < 4.78 is 38.9. The van der Waals surface area contributed by atoms with Crippen LogP contribution >= 0.6 is 0 Å². The fraction of sp³-hybridized carbons (Fsp3) is 0.391. The van der Waals surface area contributed by atoms with Crippen LogP contribution in [-0.2, 0) is 17.5 Å². The van der Waals surface area contributed by atoms with E-state index in [4.69, 9.17) is 0 Å². The molecule has 180 valence electrons. The van der Waals surface area contributed by atoms with Gasteiger partial charge in [-0.15, -0.1) is 0 Å². The van der Waals surface area contributed by atoms with E-state index >= 15 is 0 Å². The Balaban J connectivity index is 1.39. The molecule has 0 spiro atoms. The van der Waals surface area contributed by atoms with Gasteiger partial charge in [0.2, 0.25) is 5.91 Å². The lowest BCUT2D eigenvalue weighted by atomic mass is 10.1. The Morgan fingerprint density at radius 2 is 1.68 bits per heavy atom. The summed E-state index contributed by atoms with van der Waals surface area (Å²) >= 11 is 0. The number of carbonyl (C=O) groups is 2. The molecule has 0 aromatic heterocycles. The minimum Gasteiger partial charge on any atom is -0.362 e. The normalized spacial score (nSPS) is 16.8. The average molecular weight is 476 g/mol. The molecule has 2 aromatic carbocycles. The number of rotatable bonds is 5. The van der Waals surface area contributed by atoms with Gasteiger partial charge in [0, 0.05) is 57.3 Å². The smallest absolute Gasteiger partial charge is 0.362 e. The molecular formula is C23H23F3N4O4. The van der Waals surface area contributed by atoms with Crippen LogP contribution in [0.15, 0.2) is 42.5 Å². The van der Waals surface area contributed by atoms with Crippen molar-refractivity contribution in [2.45, 2.75) is 25.6 Å². The molecule has 8 nitrogen and oxygen atoms in total. The predicted molar refractivity (Wildman–Crippen MR) is 117 cm³/mol. The molecule has 34 heavy (non-hydrogen) atoms. The lowest BCUT2D eigenvalue weighted by Crippen LogP contribution is -2.49. The average Bonchev–Trinajstić information content (AvgIpc) is 3.22. The zero-order valence-corrected chi connectivity index (χ0v) is 18.3. The third-order valence-corrected chi connectivity index (χ3v) is 6.15. The van der Waals surface area contributed by atoms with Crippen LogP contribution in [0.1, 0.15) is 34.3 Å². The SMILES string of the molecule is O=C1CCCN1Cc1ccc(C(=O)N2CCN(c3ccc(C(F)(F)F)cc3[N+](=O)[O-])CC2)cc1. The molecule has 0 unspecified atom stereocenters. The molecule has 2 aromatic rings. The van der Waals surface area contributed by atoms with Gasteiger partial charge in [0.25, 0.3) is 11.6 Å². The molecule has 0 saturated carbocycles. The molecule has 0 atom stereocenters. The van der Waals surface area contributed by atoms with Crippen LogP contribution < -0.4 is 4.90 Å². The molecule has 2 heterocycles. The van der Waals surface area contributed by atoms with Gasteiger partial charge < -0.3 is 14.7 Å². The molecule has 2 aliphatic rings. The Kier molecular flexibility index (Phi) is 6.45. The van der Waals surface area contributed by atoms with Crippen molar-refractivity contribution in [3.05, 3.63) is 69.3 Å². The molecule has 2 fully saturated rings. The van der Waals surface area contributed by atoms with Crippen molar-refractivity contribution >= 4 is 23.2 Å². The van der Waals surface area contributed by atoms with E-state index in [1.54, 1.807) is 26.8 Å². The largest absolute Gasteiger partial charge is 0.416 e. The number of nitro groups is 1. The van der Waals surface area contributed by atoms with E-state index in [-0.39, 0.29) is 43.7 Å². The molecule has 2 saturated heterocycles. The minimum atomic E-state index is -4.67. The van der Waals surface area contributed by atoms with E-state index < -0.39 is 22.4 Å². The number of alkyl halides is 3. The van der Waals surface area contributed by atoms with Gasteiger partial charge in [0.1, 0.15) is 5.69 Å². The van der Waals surface area contributed by atoms with Gasteiger partial charge in [-0.05, 0) is 36.2 Å². The number of amides is 2. The summed E-state index contributed by atoms with van der Waals surface area (Å²) in [6.07, 6.45) is -3.25. The van der Waals surface area contributed by atoms with Gasteiger partial charge in [-0.3, -0.25) is 19.7 Å². The summed E-state index contributed by atoms with van der Waals surface area (Å²) in [5, 5.41) is 11.4. The molecule has 0 N–H and O–H groups in total. The summed E-state index contributed by atoms with van der Waals surface area (Å²) in [6, 6.07) is 9.56. The van der Waals surface area contributed by atoms with Crippen molar-refractivity contribution in [3.63, 3.8) is 0 Å². The number of carbonyl (C=O) groups excluding carboxylic acids is 2. The Bertz CT molecular complexity index is 1100. The topological polar surface area (TPSA) is 87.0 Å². The standard InChI is InChI=1S/C23H23F3N4O4/c24-23(25,26)18-7-8-19(20(14-18)30(33)34)27-10-12-28(13-11-27)22(32)17-5-3-16(4-6-17)15-29-9-1-2-21(29)31/h3-8,14H,1-2,9-13,15H2. The minimum absolute atomic E-state index is 0.103. The van der Waals surface area contributed by atoms with Crippen molar-refractivity contribution in [2.24, 2.45) is 0 Å². The molecule has 11 heteroatoms. The van der Waals surface area contributed by atoms with Crippen molar-refractivity contribution in [1.82, 2.24) is 9.80 Å². The van der Waals surface area contributed by atoms with E-state index in [0.29, 0.717) is 24.6 Å². The molecule has 0 aliphatic carbocycles. The number of hydrogen-bond donors (Lipinski definition) is 0. The highest BCUT2D eigenvalue weighted by atomic mass is 19.4. The maximum absolute atomic E-state index is 13.0. The Hall–Kier alpha value is -3.63. The first kappa shape index (κ1) is 23.5. The van der Waals surface area contributed by atoms with Gasteiger partial charge in [-0.1, -0.05) is 12.1 Å². The zero-order chi connectivity index (χ0) is 24.5. The maximum Gasteiger partial charge on any atom is 0.416 e. The van der Waals surface area contributed by atoms with E-state index in [0.717, 1.165) is 30.7 Å². The molecule has 0 radical (unpaired) electrons. The fourth-order valence-corrected chi connectivity index (χ4v) is 4.29. The summed E-state index contributed by atoms with van der Waals surface area (Å²) in [7, 11) is 0. The highest BCUT2D eigenvalue weighted by molar-refractivity contribution is 5.94. The summed E-state index contributed by atoms with van der Waals surface area (Å²) in [5.41, 5.74) is -0.154. The third kappa shape index (κ3) is 4.97. The summed E-state index contributed by atoms with van der Waals surface area (Å²) in [5.74, 6) is -0.0586. The van der Waals surface area contributed by atoms with Crippen molar-refractivity contribution in [1.29, 1.82) is 0 Å². The number of nitrogens with zero attached hydrogens (tertiary/aromatic N) is 4. The first-order chi connectivity index (χ1) is 16.1. The number of piperazine rings is 1. The number of benzene rings is 2. The van der Waals surface area contributed by atoms with Gasteiger partial charge in [0.15, 0.2) is 0 Å². The summed E-state index contributed by atoms with van der Waals surface area (Å²) in [4.78, 5) is 40.3. The molecule has 2 aliphatic heterocycles. The second-order valence-electron chi connectivity index (χ2n) is 8.35. The summed E-state index contributed by atoms with van der Waals surface area (Å²) in [6.45, 7) is 2.32. The molecule has 2 amide bonds. The predicted octanol–water partition coefficient (Wildman–Crippen LogP) is 3.70. The first-order valence-electron chi connectivity index (χ1n) is 10.9. The molecular weight excluding hydrogens is 453 g/mol. The number of likely N-dealkylation sites (tertiary alicyclic amines) is 1. The zero-order valence-electron chi connectivity index (χ0n) is 18.3. The number of halogens is 3. The Morgan fingerprint density at radius 1 is 1.00 bits per heavy atom. The quantitative estimate of drug-likeness (QED) is 0.485. The number of hydrogen-bond acceptors (Lipinski definition) is 5. The van der Waals surface area contributed by atoms with E-state index in [1.165, 1.54) is 0 Å². The van der Waals surface area contributed by atoms with Gasteiger partial charge in [-0.2, -0.15) is 13.2 Å². The van der Waals surface area contributed by atoms with Gasteiger partial charge in [0.05, 0.1) is 10.5 Å². The van der Waals surface area contributed by atoms with Crippen LogP contribution in [0.5, 0.6) is 0 Å². The van der Waals surface area contributed by atoms with Gasteiger partial charge in [-0.25, -0.2) is 0 Å². The number of nitro benzene ring substituents is 1. The van der Waals surface area contributed by atoms with E-state index in [9.17, 15) is 32.9 Å². The van der Waals surface area contributed by atoms with Crippen LogP contribution in [0.25, 0.3) is 0 Å². The molecule has 4 rings (SSSR count). The third-order valence-electron chi connectivity index (χ3n) is 6.15. The number of anilines is 1. The maximum atomic E-state index is 13.0. The van der Waals surface area contributed by atoms with Crippen molar-refractivity contribution < 1.29 is 27.7 Å². The van der Waals surface area contributed by atoms with Crippen molar-refractivity contribution in [2.75, 3.05) is 37.6 Å². The van der Waals surface area contributed by atoms with Crippen LogP contribution in [0.2, 0.25) is 0 Å².